The van der Waals surface area contributed by atoms with Crippen LogP contribution in [0.3, 0.4) is 0 Å². The zero-order chi connectivity index (χ0) is 13.7. The van der Waals surface area contributed by atoms with Gasteiger partial charge >= 0.3 is 0 Å². The van der Waals surface area contributed by atoms with Gasteiger partial charge in [0.25, 0.3) is 0 Å². The molecular formula is C15H20N2O2. The molecule has 0 aliphatic heterocycles. The van der Waals surface area contributed by atoms with Crippen LogP contribution < -0.4 is 9.47 Å². The van der Waals surface area contributed by atoms with Crippen LogP contribution in [0.15, 0.2) is 30.3 Å². The molecule has 4 nitrogen and oxygen atoms in total. The molecule has 1 aromatic carbocycles. The Hall–Kier alpha value is -1.97. The van der Waals surface area contributed by atoms with Crippen molar-refractivity contribution in [1.29, 1.82) is 0 Å². The second-order valence-electron chi connectivity index (χ2n) is 4.44. The maximum absolute atomic E-state index is 5.62. The van der Waals surface area contributed by atoms with E-state index in [1.165, 1.54) is 0 Å². The van der Waals surface area contributed by atoms with Gasteiger partial charge in [0.15, 0.2) is 0 Å². The van der Waals surface area contributed by atoms with Crippen molar-refractivity contribution >= 4 is 0 Å². The smallest absolute Gasteiger partial charge is 0.233 e. The molecule has 19 heavy (non-hydrogen) atoms. The van der Waals surface area contributed by atoms with Gasteiger partial charge in [-0.3, -0.25) is 0 Å². The molecule has 4 heteroatoms. The van der Waals surface area contributed by atoms with Crippen LogP contribution in [0.4, 0.5) is 0 Å². The molecule has 2 aromatic rings. The molecule has 0 saturated heterocycles. The third-order valence-electron chi connectivity index (χ3n) is 2.93. The highest BCUT2D eigenvalue weighted by Gasteiger charge is 2.07. The van der Waals surface area contributed by atoms with Crippen LogP contribution in [-0.4, -0.2) is 23.5 Å². The lowest BCUT2D eigenvalue weighted by Crippen LogP contribution is -2.00. The zero-order valence-corrected chi connectivity index (χ0v) is 11.7. The molecule has 2 rings (SSSR count). The molecule has 0 atom stereocenters. The molecule has 0 aliphatic carbocycles. The molecule has 0 bridgehead atoms. The van der Waals surface area contributed by atoms with E-state index in [0.717, 1.165) is 36.6 Å². The number of aryl methyl sites for hydroxylation is 1. The molecule has 102 valence electrons. The molecule has 0 spiro atoms. The second kappa shape index (κ2) is 6.27. The van der Waals surface area contributed by atoms with Crippen LogP contribution in [0, 0.1) is 6.92 Å². The SMILES string of the molecule is CCCCOc1cc(C)n(-c2ccc(OC)cc2)n1. The van der Waals surface area contributed by atoms with Crippen molar-refractivity contribution in [3.05, 3.63) is 36.0 Å². The van der Waals surface area contributed by atoms with Gasteiger partial charge in [0, 0.05) is 11.8 Å². The summed E-state index contributed by atoms with van der Waals surface area (Å²) in [5.41, 5.74) is 2.06. The Labute approximate surface area is 114 Å². The van der Waals surface area contributed by atoms with E-state index in [9.17, 15) is 0 Å². The molecule has 0 aliphatic rings. The van der Waals surface area contributed by atoms with Crippen molar-refractivity contribution < 1.29 is 9.47 Å². The number of hydrogen-bond acceptors (Lipinski definition) is 3. The first-order chi connectivity index (χ1) is 9.24. The summed E-state index contributed by atoms with van der Waals surface area (Å²) < 4.78 is 12.6. The summed E-state index contributed by atoms with van der Waals surface area (Å²) in [7, 11) is 1.66. The van der Waals surface area contributed by atoms with Gasteiger partial charge in [0.05, 0.1) is 19.4 Å². The summed E-state index contributed by atoms with van der Waals surface area (Å²) in [6.07, 6.45) is 2.17. The Kier molecular flexibility index (Phi) is 4.44. The van der Waals surface area contributed by atoms with Crippen LogP contribution in [0.2, 0.25) is 0 Å². The summed E-state index contributed by atoms with van der Waals surface area (Å²) in [5, 5.41) is 4.46. The van der Waals surface area contributed by atoms with Crippen LogP contribution in [0.5, 0.6) is 11.6 Å². The maximum Gasteiger partial charge on any atom is 0.233 e. The molecule has 0 unspecified atom stereocenters. The number of unbranched alkanes of at least 4 members (excludes halogenated alkanes) is 1. The van der Waals surface area contributed by atoms with Gasteiger partial charge in [-0.05, 0) is 37.6 Å². The zero-order valence-electron chi connectivity index (χ0n) is 11.7. The van der Waals surface area contributed by atoms with Crippen LogP contribution in [0.1, 0.15) is 25.5 Å². The molecule has 1 aromatic heterocycles. The highest BCUT2D eigenvalue weighted by molar-refractivity contribution is 5.38. The van der Waals surface area contributed by atoms with Crippen LogP contribution in [-0.2, 0) is 0 Å². The van der Waals surface area contributed by atoms with E-state index < -0.39 is 0 Å². The summed E-state index contributed by atoms with van der Waals surface area (Å²) in [5.74, 6) is 1.52. The van der Waals surface area contributed by atoms with Crippen molar-refractivity contribution in [1.82, 2.24) is 9.78 Å². The van der Waals surface area contributed by atoms with Gasteiger partial charge in [-0.25, -0.2) is 4.68 Å². The first kappa shape index (κ1) is 13.5. The number of rotatable bonds is 6. The molecular weight excluding hydrogens is 240 g/mol. The fourth-order valence-corrected chi connectivity index (χ4v) is 1.82. The van der Waals surface area contributed by atoms with Gasteiger partial charge in [-0.1, -0.05) is 13.3 Å². The first-order valence-electron chi connectivity index (χ1n) is 6.58. The lowest BCUT2D eigenvalue weighted by atomic mass is 10.3. The topological polar surface area (TPSA) is 36.3 Å². The number of methoxy groups -OCH3 is 1. The number of benzene rings is 1. The summed E-state index contributed by atoms with van der Waals surface area (Å²) in [6, 6.07) is 9.77. The van der Waals surface area contributed by atoms with Crippen molar-refractivity contribution in [2.75, 3.05) is 13.7 Å². The number of nitrogens with zero attached hydrogens (tertiary/aromatic N) is 2. The van der Waals surface area contributed by atoms with Gasteiger partial charge in [0.1, 0.15) is 5.75 Å². The van der Waals surface area contributed by atoms with Crippen molar-refractivity contribution in [2.24, 2.45) is 0 Å². The Morgan fingerprint density at radius 3 is 2.58 bits per heavy atom. The van der Waals surface area contributed by atoms with E-state index in [4.69, 9.17) is 9.47 Å². The Bertz CT molecular complexity index is 517. The molecule has 0 radical (unpaired) electrons. The highest BCUT2D eigenvalue weighted by Crippen LogP contribution is 2.19. The van der Waals surface area contributed by atoms with Gasteiger partial charge in [-0.15, -0.1) is 5.10 Å². The molecule has 0 fully saturated rings. The minimum atomic E-state index is 0.682. The fraction of sp³-hybridized carbons (Fsp3) is 0.400. The molecule has 0 amide bonds. The van der Waals surface area contributed by atoms with E-state index in [2.05, 4.69) is 12.0 Å². The summed E-state index contributed by atoms with van der Waals surface area (Å²) in [6.45, 7) is 4.88. The monoisotopic (exact) mass is 260 g/mol. The lowest BCUT2D eigenvalue weighted by Gasteiger charge is -2.05. The van der Waals surface area contributed by atoms with E-state index in [-0.39, 0.29) is 0 Å². The Morgan fingerprint density at radius 1 is 1.21 bits per heavy atom. The van der Waals surface area contributed by atoms with E-state index in [0.29, 0.717) is 5.88 Å². The summed E-state index contributed by atoms with van der Waals surface area (Å²) >= 11 is 0. The Morgan fingerprint density at radius 2 is 1.95 bits per heavy atom. The second-order valence-corrected chi connectivity index (χ2v) is 4.44. The van der Waals surface area contributed by atoms with Gasteiger partial charge < -0.3 is 9.47 Å². The highest BCUT2D eigenvalue weighted by atomic mass is 16.5. The molecule has 1 heterocycles. The van der Waals surface area contributed by atoms with E-state index >= 15 is 0 Å². The van der Waals surface area contributed by atoms with Crippen molar-refractivity contribution in [2.45, 2.75) is 26.7 Å². The van der Waals surface area contributed by atoms with E-state index in [1.807, 2.05) is 41.9 Å². The Balaban J connectivity index is 2.14. The van der Waals surface area contributed by atoms with Crippen molar-refractivity contribution in [3.8, 4) is 17.3 Å². The average molecular weight is 260 g/mol. The first-order valence-corrected chi connectivity index (χ1v) is 6.58. The standard InChI is InChI=1S/C15H20N2O2/c1-4-5-10-19-15-11-12(2)17(16-15)13-6-8-14(18-3)9-7-13/h6-9,11H,4-5,10H2,1-3H3. The predicted molar refractivity (Wildman–Crippen MR) is 75.3 cm³/mol. The maximum atomic E-state index is 5.62. The minimum Gasteiger partial charge on any atom is -0.497 e. The third-order valence-corrected chi connectivity index (χ3v) is 2.93. The van der Waals surface area contributed by atoms with Gasteiger partial charge in [-0.2, -0.15) is 0 Å². The minimum absolute atomic E-state index is 0.682. The largest absolute Gasteiger partial charge is 0.497 e. The number of ether oxygens (including phenoxy) is 2. The third kappa shape index (κ3) is 3.28. The van der Waals surface area contributed by atoms with Crippen LogP contribution >= 0.6 is 0 Å². The summed E-state index contributed by atoms with van der Waals surface area (Å²) in [4.78, 5) is 0. The molecule has 0 N–H and O–H groups in total. The lowest BCUT2D eigenvalue weighted by molar-refractivity contribution is 0.296. The van der Waals surface area contributed by atoms with Crippen molar-refractivity contribution in [3.63, 3.8) is 0 Å². The predicted octanol–water partition coefficient (Wildman–Crippen LogP) is 3.37. The quantitative estimate of drug-likeness (QED) is 0.747. The van der Waals surface area contributed by atoms with Crippen LogP contribution in [0.25, 0.3) is 5.69 Å². The fourth-order valence-electron chi connectivity index (χ4n) is 1.82. The molecule has 0 saturated carbocycles. The van der Waals surface area contributed by atoms with Gasteiger partial charge in [0.2, 0.25) is 5.88 Å². The van der Waals surface area contributed by atoms with E-state index in [1.54, 1.807) is 7.11 Å². The number of hydrogen-bond donors (Lipinski definition) is 0. The average Bonchev–Trinajstić information content (AvgIpc) is 2.80. The normalized spacial score (nSPS) is 10.5. The number of aromatic nitrogens is 2.